The summed E-state index contributed by atoms with van der Waals surface area (Å²) in [5.74, 6) is 1.63. The summed E-state index contributed by atoms with van der Waals surface area (Å²) in [7, 11) is 0. The van der Waals surface area contributed by atoms with Crippen LogP contribution in [0.15, 0.2) is 48.5 Å². The van der Waals surface area contributed by atoms with Crippen molar-refractivity contribution in [1.29, 1.82) is 0 Å². The van der Waals surface area contributed by atoms with Gasteiger partial charge in [0.15, 0.2) is 0 Å². The van der Waals surface area contributed by atoms with Gasteiger partial charge in [-0.2, -0.15) is 4.68 Å². The van der Waals surface area contributed by atoms with Crippen LogP contribution in [-0.4, -0.2) is 57.8 Å². The summed E-state index contributed by atoms with van der Waals surface area (Å²) in [6, 6.07) is 17.0. The molecule has 0 spiro atoms. The van der Waals surface area contributed by atoms with Crippen molar-refractivity contribution in [2.45, 2.75) is 26.3 Å². The molecule has 0 radical (unpaired) electrons. The van der Waals surface area contributed by atoms with Crippen LogP contribution in [0.3, 0.4) is 0 Å². The normalized spacial score (nSPS) is 17.3. The highest BCUT2D eigenvalue weighted by atomic mass is 15.6. The summed E-state index contributed by atoms with van der Waals surface area (Å²) in [5.41, 5.74) is 4.69. The van der Waals surface area contributed by atoms with Crippen LogP contribution in [0.4, 0.5) is 11.6 Å². The molecule has 30 heavy (non-hydrogen) atoms. The lowest BCUT2D eigenvalue weighted by atomic mass is 10.1. The molecule has 2 heterocycles. The van der Waals surface area contributed by atoms with Crippen LogP contribution in [0.1, 0.15) is 24.0 Å². The predicted molar refractivity (Wildman–Crippen MR) is 119 cm³/mol. The van der Waals surface area contributed by atoms with Crippen molar-refractivity contribution in [2.75, 3.05) is 42.9 Å². The number of rotatable bonds is 7. The Kier molecular flexibility index (Phi) is 5.36. The maximum atomic E-state index is 4.13. The molecule has 7 heteroatoms. The van der Waals surface area contributed by atoms with Gasteiger partial charge >= 0.3 is 0 Å². The number of piperazine rings is 1. The average Bonchev–Trinajstić information content (AvgIpc) is 3.47. The van der Waals surface area contributed by atoms with Crippen LogP contribution in [0.25, 0.3) is 5.69 Å². The van der Waals surface area contributed by atoms with Crippen LogP contribution in [0, 0.1) is 12.8 Å². The Morgan fingerprint density at radius 1 is 0.900 bits per heavy atom. The number of hydrogen-bond acceptors (Lipinski definition) is 6. The Bertz CT molecular complexity index is 952. The van der Waals surface area contributed by atoms with E-state index in [4.69, 9.17) is 0 Å². The Balaban J connectivity index is 1.16. The number of nitrogens with zero attached hydrogens (tertiary/aromatic N) is 6. The van der Waals surface area contributed by atoms with Crippen LogP contribution in [0.5, 0.6) is 0 Å². The second-order valence-electron chi connectivity index (χ2n) is 8.50. The highest BCUT2D eigenvalue weighted by Gasteiger charge is 2.26. The fraction of sp³-hybridized carbons (Fsp3) is 0.435. The largest absolute Gasteiger partial charge is 0.369 e. The topological polar surface area (TPSA) is 62.1 Å². The zero-order valence-electron chi connectivity index (χ0n) is 17.5. The van der Waals surface area contributed by atoms with Crippen molar-refractivity contribution in [1.82, 2.24) is 25.1 Å². The van der Waals surface area contributed by atoms with Gasteiger partial charge in [-0.3, -0.25) is 4.90 Å². The predicted octanol–water partition coefficient (Wildman–Crippen LogP) is 3.11. The molecule has 7 nitrogen and oxygen atoms in total. The molecule has 156 valence electrons. The summed E-state index contributed by atoms with van der Waals surface area (Å²) in [6.07, 6.45) is 2.88. The van der Waals surface area contributed by atoms with E-state index in [1.165, 1.54) is 49.3 Å². The molecule has 1 aliphatic carbocycles. The van der Waals surface area contributed by atoms with Gasteiger partial charge in [-0.05, 0) is 65.9 Å². The standard InChI is InChI=1S/C23H29N7/c1-18-2-8-22(9-3-18)30-23(25-26-27-30)24-16-19-6-10-21(11-7-19)29-14-12-28(13-15-29)17-20-4-5-20/h2-3,6-11,20H,4-5,12-17H2,1H3,(H,24,25,27). The minimum Gasteiger partial charge on any atom is -0.369 e. The lowest BCUT2D eigenvalue weighted by Crippen LogP contribution is -2.47. The van der Waals surface area contributed by atoms with E-state index in [1.54, 1.807) is 4.68 Å². The fourth-order valence-corrected chi connectivity index (χ4v) is 4.02. The second kappa shape index (κ2) is 8.44. The minimum atomic E-state index is 0.648. The van der Waals surface area contributed by atoms with Crippen molar-refractivity contribution in [3.05, 3.63) is 59.7 Å². The molecule has 0 amide bonds. The molecule has 0 atom stereocenters. The van der Waals surface area contributed by atoms with E-state index in [9.17, 15) is 0 Å². The monoisotopic (exact) mass is 403 g/mol. The molecule has 1 aliphatic heterocycles. The van der Waals surface area contributed by atoms with E-state index in [-0.39, 0.29) is 0 Å². The SMILES string of the molecule is Cc1ccc(-n2nnnc2NCc2ccc(N3CCN(CC4CC4)CC3)cc2)cc1. The van der Waals surface area contributed by atoms with E-state index < -0.39 is 0 Å². The third-order valence-corrected chi connectivity index (χ3v) is 6.09. The van der Waals surface area contributed by atoms with Gasteiger partial charge in [0.2, 0.25) is 5.95 Å². The van der Waals surface area contributed by atoms with E-state index >= 15 is 0 Å². The summed E-state index contributed by atoms with van der Waals surface area (Å²) >= 11 is 0. The van der Waals surface area contributed by atoms with Crippen molar-refractivity contribution in [3.63, 3.8) is 0 Å². The molecule has 2 aromatic carbocycles. The first-order chi connectivity index (χ1) is 14.7. The van der Waals surface area contributed by atoms with Crippen molar-refractivity contribution in [3.8, 4) is 5.69 Å². The van der Waals surface area contributed by atoms with Gasteiger partial charge in [-0.15, -0.1) is 0 Å². The van der Waals surface area contributed by atoms with Gasteiger partial charge in [0, 0.05) is 45.0 Å². The summed E-state index contributed by atoms with van der Waals surface area (Å²) in [5, 5.41) is 15.4. The first kappa shape index (κ1) is 19.1. The quantitative estimate of drug-likeness (QED) is 0.654. The van der Waals surface area contributed by atoms with Crippen LogP contribution >= 0.6 is 0 Å². The number of tetrazole rings is 1. The number of hydrogen-bond donors (Lipinski definition) is 1. The molecule has 1 saturated heterocycles. The van der Waals surface area contributed by atoms with Crippen molar-refractivity contribution < 1.29 is 0 Å². The summed E-state index contributed by atoms with van der Waals surface area (Å²) < 4.78 is 1.73. The molecular weight excluding hydrogens is 374 g/mol. The lowest BCUT2D eigenvalue weighted by Gasteiger charge is -2.36. The summed E-state index contributed by atoms with van der Waals surface area (Å²) in [6.45, 7) is 8.66. The molecule has 1 N–H and O–H groups in total. The van der Waals surface area contributed by atoms with E-state index in [0.717, 1.165) is 24.7 Å². The van der Waals surface area contributed by atoms with Crippen molar-refractivity contribution in [2.24, 2.45) is 5.92 Å². The molecule has 3 aromatic rings. The first-order valence-electron chi connectivity index (χ1n) is 10.9. The average molecular weight is 404 g/mol. The highest BCUT2D eigenvalue weighted by Crippen LogP contribution is 2.30. The maximum absolute atomic E-state index is 4.13. The van der Waals surface area contributed by atoms with Crippen LogP contribution in [0.2, 0.25) is 0 Å². The number of aryl methyl sites for hydroxylation is 1. The Labute approximate surface area is 177 Å². The number of aromatic nitrogens is 4. The minimum absolute atomic E-state index is 0.648. The van der Waals surface area contributed by atoms with Gasteiger partial charge < -0.3 is 10.2 Å². The third-order valence-electron chi connectivity index (χ3n) is 6.09. The van der Waals surface area contributed by atoms with Gasteiger partial charge in [0.25, 0.3) is 0 Å². The third kappa shape index (κ3) is 4.46. The van der Waals surface area contributed by atoms with E-state index in [1.807, 2.05) is 12.1 Å². The zero-order chi connectivity index (χ0) is 20.3. The Morgan fingerprint density at radius 3 is 2.30 bits per heavy atom. The maximum Gasteiger partial charge on any atom is 0.248 e. The molecule has 1 saturated carbocycles. The highest BCUT2D eigenvalue weighted by molar-refractivity contribution is 5.48. The Morgan fingerprint density at radius 2 is 1.60 bits per heavy atom. The molecular formula is C23H29N7. The fourth-order valence-electron chi connectivity index (χ4n) is 4.02. The molecule has 2 aliphatic rings. The van der Waals surface area contributed by atoms with E-state index in [0.29, 0.717) is 12.5 Å². The zero-order valence-corrected chi connectivity index (χ0v) is 17.5. The van der Waals surface area contributed by atoms with Crippen LogP contribution in [-0.2, 0) is 6.54 Å². The second-order valence-corrected chi connectivity index (χ2v) is 8.50. The number of nitrogens with one attached hydrogen (secondary N) is 1. The molecule has 2 fully saturated rings. The van der Waals surface area contributed by atoms with Gasteiger partial charge in [-0.1, -0.05) is 34.9 Å². The Hall–Kier alpha value is -2.93. The van der Waals surface area contributed by atoms with Crippen LogP contribution < -0.4 is 10.2 Å². The van der Waals surface area contributed by atoms with Gasteiger partial charge in [0.1, 0.15) is 0 Å². The molecule has 5 rings (SSSR count). The van der Waals surface area contributed by atoms with Gasteiger partial charge in [0.05, 0.1) is 5.69 Å². The lowest BCUT2D eigenvalue weighted by molar-refractivity contribution is 0.248. The summed E-state index contributed by atoms with van der Waals surface area (Å²) in [4.78, 5) is 5.13. The molecule has 1 aromatic heterocycles. The van der Waals surface area contributed by atoms with Crippen molar-refractivity contribution >= 4 is 11.6 Å². The number of anilines is 2. The molecule has 0 unspecified atom stereocenters. The van der Waals surface area contributed by atoms with E-state index in [2.05, 4.69) is 74.0 Å². The number of benzene rings is 2. The smallest absolute Gasteiger partial charge is 0.248 e. The first-order valence-corrected chi connectivity index (χ1v) is 10.9. The molecule has 0 bridgehead atoms. The van der Waals surface area contributed by atoms with Gasteiger partial charge in [-0.25, -0.2) is 0 Å².